The van der Waals surface area contributed by atoms with Crippen LogP contribution >= 0.6 is 23.2 Å². The lowest BCUT2D eigenvalue weighted by Gasteiger charge is -2.20. The van der Waals surface area contributed by atoms with Gasteiger partial charge >= 0.3 is 0 Å². The van der Waals surface area contributed by atoms with E-state index in [4.69, 9.17) is 23.2 Å². The summed E-state index contributed by atoms with van der Waals surface area (Å²) in [6.45, 7) is 0.533. The summed E-state index contributed by atoms with van der Waals surface area (Å²) in [4.78, 5) is 35.1. The maximum atomic E-state index is 13.9. The van der Waals surface area contributed by atoms with Crippen LogP contribution in [0.2, 0.25) is 0 Å². The predicted molar refractivity (Wildman–Crippen MR) is 166 cm³/mol. The lowest BCUT2D eigenvalue weighted by Crippen LogP contribution is -2.31. The quantitative estimate of drug-likeness (QED) is 0.218. The first-order valence-corrected chi connectivity index (χ1v) is 14.3. The molecule has 0 spiro atoms. The van der Waals surface area contributed by atoms with Crippen molar-refractivity contribution in [1.29, 1.82) is 0 Å². The van der Waals surface area contributed by atoms with E-state index in [2.05, 4.69) is 4.98 Å². The number of carbonyl (C=O) groups is 2. The van der Waals surface area contributed by atoms with E-state index in [1.807, 2.05) is 48.5 Å². The van der Waals surface area contributed by atoms with Crippen LogP contribution in [0, 0.1) is 0 Å². The highest BCUT2D eigenvalue weighted by Gasteiger charge is 2.36. The van der Waals surface area contributed by atoms with E-state index < -0.39 is 0 Å². The third-order valence-corrected chi connectivity index (χ3v) is 8.76. The molecule has 4 aromatic carbocycles. The number of benzene rings is 4. The van der Waals surface area contributed by atoms with Crippen LogP contribution in [-0.2, 0) is 0 Å². The highest BCUT2D eigenvalue weighted by Crippen LogP contribution is 2.47. The van der Waals surface area contributed by atoms with Gasteiger partial charge in [0.2, 0.25) is 0 Å². The van der Waals surface area contributed by atoms with Crippen molar-refractivity contribution in [3.63, 3.8) is 0 Å². The summed E-state index contributed by atoms with van der Waals surface area (Å²) >= 11 is 12.5. The molecule has 9 heteroatoms. The van der Waals surface area contributed by atoms with Gasteiger partial charge in [-0.1, -0.05) is 60.1 Å². The fraction of sp³-hybridized carbons (Fsp3) is 0.121. The van der Waals surface area contributed by atoms with Crippen molar-refractivity contribution >= 4 is 73.5 Å². The number of halogens is 2. The van der Waals surface area contributed by atoms with Crippen molar-refractivity contribution in [2.24, 2.45) is 0 Å². The van der Waals surface area contributed by atoms with Crippen molar-refractivity contribution in [1.82, 2.24) is 4.98 Å². The number of amides is 2. The lowest BCUT2D eigenvalue weighted by atomic mass is 9.95. The first-order chi connectivity index (χ1) is 20.4. The van der Waals surface area contributed by atoms with Gasteiger partial charge in [0.05, 0.1) is 29.0 Å². The number of alkyl halides is 1. The number of aromatic nitrogens is 1. The molecule has 1 aromatic heterocycles. The van der Waals surface area contributed by atoms with Crippen molar-refractivity contribution < 1.29 is 19.8 Å². The van der Waals surface area contributed by atoms with Crippen LogP contribution in [0.5, 0.6) is 11.5 Å². The minimum atomic E-state index is -0.384. The Balaban J connectivity index is 1.26. The van der Waals surface area contributed by atoms with Crippen molar-refractivity contribution in [2.75, 3.05) is 28.8 Å². The van der Waals surface area contributed by atoms with E-state index in [0.717, 1.165) is 27.5 Å². The third-order valence-electron chi connectivity index (χ3n) is 8.13. The Morgan fingerprint density at radius 2 is 1.40 bits per heavy atom. The molecule has 3 heterocycles. The van der Waals surface area contributed by atoms with E-state index in [1.54, 1.807) is 17.0 Å². The van der Waals surface area contributed by atoms with E-state index in [-0.39, 0.29) is 46.9 Å². The van der Waals surface area contributed by atoms with Gasteiger partial charge < -0.3 is 20.0 Å². The maximum absolute atomic E-state index is 13.9. The number of hydrogen-bond acceptors (Lipinski definition) is 5. The number of phenols is 2. The Morgan fingerprint density at radius 3 is 2.05 bits per heavy atom. The second kappa shape index (κ2) is 10.0. The lowest BCUT2D eigenvalue weighted by molar-refractivity contribution is 0.0988. The number of hydrogen-bond donors (Lipinski definition) is 2. The molecule has 1 atom stereocenters. The summed E-state index contributed by atoms with van der Waals surface area (Å²) in [6, 6.07) is 19.6. The standard InChI is InChI=1S/C33H23Cl2N3O4/c34-12-20-16-37(26-10-28(39)22-5-1-3-7-24(22)30(20)26)32(41)18-9-19(15-36-14-18)33(42)38-17-21(13-35)31-25-8-4-2-6-23(25)29(40)11-27(31)38/h1-12,14-15,21,39-40H,13,16-17H2/b20-12-/t21-/m1/s1. The number of carbonyl (C=O) groups excluding carboxylic acids is 2. The molecule has 5 aromatic rings. The monoisotopic (exact) mass is 595 g/mol. The Bertz CT molecular complexity index is 1990. The van der Waals surface area contributed by atoms with Crippen LogP contribution in [0.25, 0.3) is 27.1 Å². The van der Waals surface area contributed by atoms with Crippen LogP contribution < -0.4 is 9.80 Å². The van der Waals surface area contributed by atoms with Crippen LogP contribution in [0.3, 0.4) is 0 Å². The number of phenolic OH excluding ortho intramolecular Hbond substituents is 2. The molecule has 0 aliphatic carbocycles. The third kappa shape index (κ3) is 3.92. The second-order valence-electron chi connectivity index (χ2n) is 10.5. The molecule has 0 bridgehead atoms. The van der Waals surface area contributed by atoms with E-state index in [0.29, 0.717) is 34.6 Å². The van der Waals surface area contributed by atoms with Gasteiger partial charge in [0.15, 0.2) is 0 Å². The van der Waals surface area contributed by atoms with Crippen LogP contribution in [0.1, 0.15) is 37.8 Å². The van der Waals surface area contributed by atoms with Crippen LogP contribution in [0.4, 0.5) is 11.4 Å². The van der Waals surface area contributed by atoms with Crippen molar-refractivity contribution in [3.05, 3.63) is 107 Å². The normalized spacial score (nSPS) is 16.8. The summed E-state index contributed by atoms with van der Waals surface area (Å²) in [5.41, 5.74) is 5.43. The molecule has 208 valence electrons. The zero-order valence-corrected chi connectivity index (χ0v) is 23.6. The first-order valence-electron chi connectivity index (χ1n) is 13.3. The van der Waals surface area contributed by atoms with Gasteiger partial charge in [-0.2, -0.15) is 0 Å². The predicted octanol–water partition coefficient (Wildman–Crippen LogP) is 7.02. The Kier molecular flexibility index (Phi) is 6.30. The van der Waals surface area contributed by atoms with Gasteiger partial charge in [-0.15, -0.1) is 11.6 Å². The molecule has 0 saturated carbocycles. The average molecular weight is 596 g/mol. The first kappa shape index (κ1) is 26.3. The molecule has 42 heavy (non-hydrogen) atoms. The molecule has 0 fully saturated rings. The second-order valence-corrected chi connectivity index (χ2v) is 11.0. The Hall–Kier alpha value is -4.59. The van der Waals surface area contributed by atoms with Gasteiger partial charge in [0.1, 0.15) is 11.5 Å². The summed E-state index contributed by atoms with van der Waals surface area (Å²) in [5, 5.41) is 24.5. The van der Waals surface area contributed by atoms with Crippen molar-refractivity contribution in [2.45, 2.75) is 5.92 Å². The summed E-state index contributed by atoms with van der Waals surface area (Å²) in [5.74, 6) is -0.436. The number of fused-ring (bicyclic) bond motifs is 6. The van der Waals surface area contributed by atoms with Crippen LogP contribution in [-0.4, -0.2) is 46.0 Å². The number of pyridine rings is 1. The van der Waals surface area contributed by atoms with E-state index >= 15 is 0 Å². The van der Waals surface area contributed by atoms with Gasteiger partial charge in [-0.05, 0) is 28.0 Å². The molecular formula is C33H23Cl2N3O4. The van der Waals surface area contributed by atoms with Gasteiger partial charge in [0, 0.05) is 64.7 Å². The highest BCUT2D eigenvalue weighted by molar-refractivity contribution is 6.30. The summed E-state index contributed by atoms with van der Waals surface area (Å²) < 4.78 is 0. The Labute approximate surface area is 250 Å². The molecule has 2 N–H and O–H groups in total. The number of anilines is 2. The SMILES string of the molecule is O=C(c1cncc(C(=O)N2C[C@@H](CCl)c3c2cc(O)c2ccccc32)c1)N1C/C(=C/Cl)c2c1cc(O)c1ccccc21. The minimum Gasteiger partial charge on any atom is -0.507 e. The fourth-order valence-electron chi connectivity index (χ4n) is 6.23. The number of aromatic hydroxyl groups is 2. The molecule has 2 amide bonds. The topological polar surface area (TPSA) is 94.0 Å². The highest BCUT2D eigenvalue weighted by atomic mass is 35.5. The van der Waals surface area contributed by atoms with Crippen LogP contribution in [0.15, 0.2) is 84.7 Å². The molecule has 0 radical (unpaired) electrons. The molecular weight excluding hydrogens is 573 g/mol. The molecule has 2 aliphatic heterocycles. The maximum Gasteiger partial charge on any atom is 0.260 e. The largest absolute Gasteiger partial charge is 0.507 e. The molecule has 7 rings (SSSR count). The minimum absolute atomic E-state index is 0.0531. The van der Waals surface area contributed by atoms with Crippen molar-refractivity contribution in [3.8, 4) is 11.5 Å². The number of nitrogens with zero attached hydrogens (tertiary/aromatic N) is 3. The molecule has 0 saturated heterocycles. The fourth-order valence-corrected chi connectivity index (χ4v) is 6.66. The average Bonchev–Trinajstić information content (AvgIpc) is 3.59. The Morgan fingerprint density at radius 1 is 0.833 bits per heavy atom. The molecule has 0 unspecified atom stereocenters. The van der Waals surface area contributed by atoms with Gasteiger partial charge in [-0.3, -0.25) is 14.6 Å². The summed E-state index contributed by atoms with van der Waals surface area (Å²) in [6.07, 6.45) is 2.84. The summed E-state index contributed by atoms with van der Waals surface area (Å²) in [7, 11) is 0. The molecule has 7 nitrogen and oxygen atoms in total. The van der Waals surface area contributed by atoms with E-state index in [9.17, 15) is 19.8 Å². The zero-order chi connectivity index (χ0) is 29.1. The van der Waals surface area contributed by atoms with E-state index in [1.165, 1.54) is 28.9 Å². The zero-order valence-electron chi connectivity index (χ0n) is 22.1. The molecule has 2 aliphatic rings. The van der Waals surface area contributed by atoms with Gasteiger partial charge in [-0.25, -0.2) is 0 Å². The number of rotatable bonds is 3. The smallest absolute Gasteiger partial charge is 0.260 e. The van der Waals surface area contributed by atoms with Gasteiger partial charge in [0.25, 0.3) is 11.8 Å².